The molecule has 0 aliphatic carbocycles. The molecule has 0 fully saturated rings. The molecule has 1 amide bonds. The van der Waals surface area contributed by atoms with Crippen LogP contribution in [0.15, 0.2) is 41.5 Å². The largest absolute Gasteiger partial charge is 0.465 e. The summed E-state index contributed by atoms with van der Waals surface area (Å²) < 4.78 is 5.91. The Hall–Kier alpha value is -3.00. The number of fused-ring (bicyclic) bond motifs is 1. The first kappa shape index (κ1) is 17.8. The number of methoxy groups -OCH3 is 1. The summed E-state index contributed by atoms with van der Waals surface area (Å²) in [5.74, 6) is -0.805. The zero-order chi connectivity index (χ0) is 18.7. The summed E-state index contributed by atoms with van der Waals surface area (Å²) in [6.45, 7) is 1.87. The van der Waals surface area contributed by atoms with Crippen LogP contribution in [0.5, 0.6) is 0 Å². The van der Waals surface area contributed by atoms with Gasteiger partial charge in [-0.15, -0.1) is 11.3 Å². The van der Waals surface area contributed by atoms with Crippen LogP contribution in [0.3, 0.4) is 0 Å². The Labute approximate surface area is 153 Å². The van der Waals surface area contributed by atoms with Gasteiger partial charge >= 0.3 is 5.97 Å². The van der Waals surface area contributed by atoms with Crippen LogP contribution in [0.25, 0.3) is 10.2 Å². The molecule has 1 N–H and O–H groups in total. The van der Waals surface area contributed by atoms with Crippen LogP contribution in [0, 0.1) is 0 Å². The third-order valence-corrected chi connectivity index (χ3v) is 5.01. The lowest BCUT2D eigenvalue weighted by atomic mass is 10.2. The van der Waals surface area contributed by atoms with Gasteiger partial charge < -0.3 is 10.1 Å². The topological polar surface area (TPSA) is 90.3 Å². The number of nitrogens with one attached hydrogen (secondary N) is 1. The lowest BCUT2D eigenvalue weighted by Gasteiger charge is -2.07. The highest BCUT2D eigenvalue weighted by molar-refractivity contribution is 7.18. The molecule has 3 rings (SSSR count). The van der Waals surface area contributed by atoms with Crippen LogP contribution in [0.4, 0.5) is 5.69 Å². The predicted octanol–water partition coefficient (Wildman–Crippen LogP) is 2.45. The number of anilines is 1. The van der Waals surface area contributed by atoms with Crippen LogP contribution >= 0.6 is 11.3 Å². The molecule has 3 aromatic rings. The van der Waals surface area contributed by atoms with E-state index in [1.165, 1.54) is 29.3 Å². The second-order valence-corrected chi connectivity index (χ2v) is 6.70. The van der Waals surface area contributed by atoms with Crippen molar-refractivity contribution in [1.29, 1.82) is 0 Å². The monoisotopic (exact) mass is 371 g/mol. The number of hydrogen-bond acceptors (Lipinski definition) is 6. The number of aromatic nitrogens is 2. The van der Waals surface area contributed by atoms with Crippen molar-refractivity contribution in [3.05, 3.63) is 57.5 Å². The van der Waals surface area contributed by atoms with Crippen molar-refractivity contribution in [2.24, 2.45) is 0 Å². The molecule has 8 heteroatoms. The van der Waals surface area contributed by atoms with E-state index in [0.717, 1.165) is 11.3 Å². The Bertz CT molecular complexity index is 1020. The zero-order valence-corrected chi connectivity index (χ0v) is 15.1. The molecule has 0 saturated heterocycles. The molecule has 2 heterocycles. The minimum absolute atomic E-state index is 0.141. The molecule has 0 bridgehead atoms. The van der Waals surface area contributed by atoms with Crippen molar-refractivity contribution in [3.63, 3.8) is 0 Å². The van der Waals surface area contributed by atoms with E-state index in [1.807, 2.05) is 13.0 Å². The molecule has 0 aliphatic rings. The van der Waals surface area contributed by atoms with Crippen molar-refractivity contribution in [1.82, 2.24) is 9.55 Å². The molecule has 0 unspecified atom stereocenters. The molecular weight excluding hydrogens is 354 g/mol. The van der Waals surface area contributed by atoms with E-state index in [-0.39, 0.29) is 18.0 Å². The second kappa shape index (κ2) is 7.49. The normalized spacial score (nSPS) is 10.7. The highest BCUT2D eigenvalue weighted by atomic mass is 32.1. The van der Waals surface area contributed by atoms with Crippen LogP contribution in [0.2, 0.25) is 0 Å². The van der Waals surface area contributed by atoms with Gasteiger partial charge in [0.25, 0.3) is 5.56 Å². The van der Waals surface area contributed by atoms with Crippen LogP contribution in [-0.2, 0) is 22.5 Å². The number of esters is 1. The van der Waals surface area contributed by atoms with E-state index in [9.17, 15) is 14.4 Å². The molecule has 0 aliphatic heterocycles. The van der Waals surface area contributed by atoms with Gasteiger partial charge in [-0.1, -0.05) is 6.92 Å². The number of carbonyl (C=O) groups excluding carboxylic acids is 2. The van der Waals surface area contributed by atoms with Gasteiger partial charge in [0.1, 0.15) is 11.4 Å². The fourth-order valence-corrected chi connectivity index (χ4v) is 3.38. The van der Waals surface area contributed by atoms with E-state index >= 15 is 0 Å². The van der Waals surface area contributed by atoms with Crippen LogP contribution in [-0.4, -0.2) is 28.5 Å². The Balaban J connectivity index is 1.73. The molecule has 134 valence electrons. The number of aryl methyl sites for hydroxylation is 1. The summed E-state index contributed by atoms with van der Waals surface area (Å²) >= 11 is 1.48. The van der Waals surface area contributed by atoms with Gasteiger partial charge in [0.15, 0.2) is 0 Å². The van der Waals surface area contributed by atoms with Gasteiger partial charge in [-0.2, -0.15) is 0 Å². The Morgan fingerprint density at radius 2 is 2.00 bits per heavy atom. The van der Waals surface area contributed by atoms with Crippen LogP contribution in [0.1, 0.15) is 22.2 Å². The lowest BCUT2D eigenvalue weighted by Crippen LogP contribution is -2.27. The first-order valence-corrected chi connectivity index (χ1v) is 8.79. The third kappa shape index (κ3) is 3.65. The average molecular weight is 371 g/mol. The average Bonchev–Trinajstić information content (AvgIpc) is 3.08. The molecule has 26 heavy (non-hydrogen) atoms. The highest BCUT2D eigenvalue weighted by Gasteiger charge is 2.11. The van der Waals surface area contributed by atoms with Crippen molar-refractivity contribution in [3.8, 4) is 0 Å². The Kier molecular flexibility index (Phi) is 5.13. The summed E-state index contributed by atoms with van der Waals surface area (Å²) in [5, 5.41) is 3.22. The fraction of sp³-hybridized carbons (Fsp3) is 0.222. The minimum atomic E-state index is -0.448. The Morgan fingerprint density at radius 1 is 1.27 bits per heavy atom. The predicted molar refractivity (Wildman–Crippen MR) is 99.7 cm³/mol. The number of ether oxygens (including phenoxy) is 1. The summed E-state index contributed by atoms with van der Waals surface area (Å²) in [5.41, 5.74) is 0.677. The fourth-order valence-electron chi connectivity index (χ4n) is 2.46. The molecular formula is C18H17N3O4S. The van der Waals surface area contributed by atoms with Gasteiger partial charge in [-0.25, -0.2) is 9.78 Å². The van der Waals surface area contributed by atoms with Gasteiger partial charge in [-0.3, -0.25) is 14.2 Å². The highest BCUT2D eigenvalue weighted by Crippen LogP contribution is 2.21. The van der Waals surface area contributed by atoms with Gasteiger partial charge in [0.2, 0.25) is 5.91 Å². The van der Waals surface area contributed by atoms with Crippen molar-refractivity contribution in [2.75, 3.05) is 12.4 Å². The number of hydrogen-bond donors (Lipinski definition) is 1. The van der Waals surface area contributed by atoms with Gasteiger partial charge in [-0.05, 0) is 36.8 Å². The van der Waals surface area contributed by atoms with Gasteiger partial charge in [0.05, 0.1) is 24.4 Å². The smallest absolute Gasteiger partial charge is 0.337 e. The number of carbonyl (C=O) groups is 2. The Morgan fingerprint density at radius 3 is 2.65 bits per heavy atom. The molecule has 0 saturated carbocycles. The molecule has 1 aromatic carbocycles. The number of thiophene rings is 1. The van der Waals surface area contributed by atoms with Crippen LogP contribution < -0.4 is 10.9 Å². The van der Waals surface area contributed by atoms with E-state index in [0.29, 0.717) is 21.5 Å². The number of rotatable bonds is 5. The maximum atomic E-state index is 12.5. The quantitative estimate of drug-likeness (QED) is 0.696. The third-order valence-electron chi connectivity index (χ3n) is 3.82. The molecule has 7 nitrogen and oxygen atoms in total. The first-order valence-electron chi connectivity index (χ1n) is 7.98. The number of nitrogens with zero attached hydrogens (tertiary/aromatic N) is 2. The second-order valence-electron chi connectivity index (χ2n) is 5.58. The molecule has 0 spiro atoms. The number of benzene rings is 1. The van der Waals surface area contributed by atoms with Crippen molar-refractivity contribution < 1.29 is 14.3 Å². The molecule has 0 radical (unpaired) electrons. The van der Waals surface area contributed by atoms with E-state index in [2.05, 4.69) is 15.0 Å². The lowest BCUT2D eigenvalue weighted by molar-refractivity contribution is -0.116. The first-order chi connectivity index (χ1) is 12.5. The molecule has 2 aromatic heterocycles. The summed E-state index contributed by atoms with van der Waals surface area (Å²) in [6, 6.07) is 8.13. The maximum absolute atomic E-state index is 12.5. The summed E-state index contributed by atoms with van der Waals surface area (Å²) in [4.78, 5) is 42.1. The standard InChI is InChI=1S/C18H17N3O4S/c1-3-13-8-14-16(26-13)19-10-21(17(14)23)9-15(22)20-12-6-4-11(5-7-12)18(24)25-2/h4-8,10H,3,9H2,1-2H3,(H,20,22). The van der Waals surface area contributed by atoms with Crippen molar-refractivity contribution in [2.45, 2.75) is 19.9 Å². The zero-order valence-electron chi connectivity index (χ0n) is 14.3. The summed E-state index contributed by atoms with van der Waals surface area (Å²) in [6.07, 6.45) is 2.23. The maximum Gasteiger partial charge on any atom is 0.337 e. The van der Waals surface area contributed by atoms with E-state index in [4.69, 9.17) is 0 Å². The van der Waals surface area contributed by atoms with Gasteiger partial charge in [0, 0.05) is 10.6 Å². The minimum Gasteiger partial charge on any atom is -0.465 e. The summed E-state index contributed by atoms with van der Waals surface area (Å²) in [7, 11) is 1.30. The van der Waals surface area contributed by atoms with E-state index in [1.54, 1.807) is 24.3 Å². The SMILES string of the molecule is CCc1cc2c(=O)n(CC(=O)Nc3ccc(C(=O)OC)cc3)cnc2s1. The number of amides is 1. The van der Waals surface area contributed by atoms with E-state index < -0.39 is 5.97 Å². The van der Waals surface area contributed by atoms with Crippen molar-refractivity contribution >= 4 is 39.1 Å². The molecule has 0 atom stereocenters.